The van der Waals surface area contributed by atoms with Crippen molar-refractivity contribution in [2.45, 2.75) is 32.9 Å². The van der Waals surface area contributed by atoms with Crippen LogP contribution in [0.2, 0.25) is 0 Å². The van der Waals surface area contributed by atoms with Gasteiger partial charge in [0.1, 0.15) is 6.04 Å². The maximum absolute atomic E-state index is 9.75. The number of benzene rings is 1. The van der Waals surface area contributed by atoms with Crippen molar-refractivity contribution in [1.29, 1.82) is 5.26 Å². The smallest absolute Gasteiger partial charge is 0.161 e. The van der Waals surface area contributed by atoms with Crippen LogP contribution in [-0.4, -0.2) is 56.2 Å². The van der Waals surface area contributed by atoms with E-state index in [-0.39, 0.29) is 6.04 Å². The second-order valence-electron chi connectivity index (χ2n) is 7.00. The normalized spacial score (nSPS) is 20.6. The molecule has 2 unspecified atom stereocenters. The predicted octanol–water partition coefficient (Wildman–Crippen LogP) is 2.93. The summed E-state index contributed by atoms with van der Waals surface area (Å²) < 4.78 is 11.3. The predicted molar refractivity (Wildman–Crippen MR) is 95.3 cm³/mol. The Balaban J connectivity index is 2.21. The van der Waals surface area contributed by atoms with Crippen LogP contribution < -0.4 is 9.47 Å². The number of piperazine rings is 1. The third-order valence-electron chi connectivity index (χ3n) is 4.41. The number of hydrogen-bond donors (Lipinski definition) is 0. The lowest BCUT2D eigenvalue weighted by atomic mass is 10.0. The molecule has 1 fully saturated rings. The minimum Gasteiger partial charge on any atom is -0.493 e. The van der Waals surface area contributed by atoms with Crippen LogP contribution in [0.4, 0.5) is 0 Å². The van der Waals surface area contributed by atoms with E-state index in [1.54, 1.807) is 7.11 Å². The molecule has 1 heterocycles. The van der Waals surface area contributed by atoms with Crippen molar-refractivity contribution >= 4 is 0 Å². The summed E-state index contributed by atoms with van der Waals surface area (Å²) in [5.74, 6) is 1.88. The first-order chi connectivity index (χ1) is 11.5. The topological polar surface area (TPSA) is 48.7 Å². The first-order valence-corrected chi connectivity index (χ1v) is 8.61. The molecule has 1 aliphatic heterocycles. The van der Waals surface area contributed by atoms with E-state index in [1.807, 2.05) is 18.2 Å². The molecule has 5 heteroatoms. The number of nitriles is 1. The number of rotatable bonds is 6. The SMILES string of the molecule is COc1cc(C(C#N)N2CCN(C)CC2C)ccc1OCC(C)C. The third kappa shape index (κ3) is 4.40. The average molecular weight is 331 g/mol. The Morgan fingerprint density at radius 2 is 2.04 bits per heavy atom. The molecule has 0 saturated carbocycles. The molecule has 0 spiro atoms. The van der Waals surface area contributed by atoms with Gasteiger partial charge in [0.2, 0.25) is 0 Å². The van der Waals surface area contributed by atoms with E-state index >= 15 is 0 Å². The highest BCUT2D eigenvalue weighted by atomic mass is 16.5. The second kappa shape index (κ2) is 8.36. The summed E-state index contributed by atoms with van der Waals surface area (Å²) in [6.07, 6.45) is 0. The molecule has 24 heavy (non-hydrogen) atoms. The van der Waals surface area contributed by atoms with Gasteiger partial charge in [-0.1, -0.05) is 19.9 Å². The van der Waals surface area contributed by atoms with Crippen molar-refractivity contribution in [2.24, 2.45) is 5.92 Å². The number of ether oxygens (including phenoxy) is 2. The molecule has 5 nitrogen and oxygen atoms in total. The molecule has 0 N–H and O–H groups in total. The molecule has 1 saturated heterocycles. The Morgan fingerprint density at radius 3 is 2.62 bits per heavy atom. The average Bonchev–Trinajstić information content (AvgIpc) is 2.55. The lowest BCUT2D eigenvalue weighted by Crippen LogP contribution is -2.51. The van der Waals surface area contributed by atoms with E-state index in [2.05, 4.69) is 43.7 Å². The van der Waals surface area contributed by atoms with Gasteiger partial charge in [0, 0.05) is 25.7 Å². The monoisotopic (exact) mass is 331 g/mol. The molecule has 0 bridgehead atoms. The van der Waals surface area contributed by atoms with Crippen molar-refractivity contribution in [3.8, 4) is 17.6 Å². The zero-order chi connectivity index (χ0) is 17.7. The molecule has 1 aromatic carbocycles. The number of methoxy groups -OCH3 is 1. The summed E-state index contributed by atoms with van der Waals surface area (Å²) in [4.78, 5) is 4.57. The van der Waals surface area contributed by atoms with Crippen LogP contribution in [0, 0.1) is 17.2 Å². The van der Waals surface area contributed by atoms with Crippen LogP contribution in [0.3, 0.4) is 0 Å². The zero-order valence-electron chi connectivity index (χ0n) is 15.5. The summed E-state index contributed by atoms with van der Waals surface area (Å²) in [5.41, 5.74) is 0.961. The van der Waals surface area contributed by atoms with Gasteiger partial charge in [-0.3, -0.25) is 4.90 Å². The van der Waals surface area contributed by atoms with Crippen LogP contribution in [-0.2, 0) is 0 Å². The van der Waals surface area contributed by atoms with E-state index in [1.165, 1.54) is 0 Å². The molecule has 1 aromatic rings. The summed E-state index contributed by atoms with van der Waals surface area (Å²) in [6, 6.07) is 8.39. The van der Waals surface area contributed by atoms with Gasteiger partial charge in [-0.05, 0) is 37.6 Å². The van der Waals surface area contributed by atoms with Crippen molar-refractivity contribution in [2.75, 3.05) is 40.4 Å². The first-order valence-electron chi connectivity index (χ1n) is 8.61. The van der Waals surface area contributed by atoms with Crippen LogP contribution in [0.15, 0.2) is 18.2 Å². The van der Waals surface area contributed by atoms with Crippen LogP contribution >= 0.6 is 0 Å². The molecular formula is C19H29N3O2. The van der Waals surface area contributed by atoms with Gasteiger partial charge in [-0.15, -0.1) is 0 Å². The Hall–Kier alpha value is -1.77. The number of nitrogens with zero attached hydrogens (tertiary/aromatic N) is 3. The fourth-order valence-corrected chi connectivity index (χ4v) is 3.11. The van der Waals surface area contributed by atoms with Gasteiger partial charge in [0.25, 0.3) is 0 Å². The fourth-order valence-electron chi connectivity index (χ4n) is 3.11. The molecule has 0 amide bonds. The van der Waals surface area contributed by atoms with Gasteiger partial charge in [0.15, 0.2) is 11.5 Å². The Labute approximate surface area is 145 Å². The molecule has 2 rings (SSSR count). The van der Waals surface area contributed by atoms with E-state index in [4.69, 9.17) is 9.47 Å². The van der Waals surface area contributed by atoms with Gasteiger partial charge < -0.3 is 14.4 Å². The van der Waals surface area contributed by atoms with Gasteiger partial charge in [-0.2, -0.15) is 5.26 Å². The fraction of sp³-hybridized carbons (Fsp3) is 0.632. The van der Waals surface area contributed by atoms with E-state index in [0.29, 0.717) is 24.3 Å². The molecule has 132 valence electrons. The van der Waals surface area contributed by atoms with Crippen molar-refractivity contribution < 1.29 is 9.47 Å². The van der Waals surface area contributed by atoms with Gasteiger partial charge in [-0.25, -0.2) is 0 Å². The Kier molecular flexibility index (Phi) is 6.47. The lowest BCUT2D eigenvalue weighted by molar-refractivity contribution is 0.0796. The van der Waals surface area contributed by atoms with E-state index in [9.17, 15) is 5.26 Å². The van der Waals surface area contributed by atoms with Crippen LogP contribution in [0.1, 0.15) is 32.4 Å². The highest BCUT2D eigenvalue weighted by Crippen LogP contribution is 2.33. The Bertz CT molecular complexity index is 582. The molecule has 0 aliphatic carbocycles. The minimum atomic E-state index is -0.262. The summed E-state index contributed by atoms with van der Waals surface area (Å²) >= 11 is 0. The molecule has 1 aliphatic rings. The highest BCUT2D eigenvalue weighted by molar-refractivity contribution is 5.45. The minimum absolute atomic E-state index is 0.262. The highest BCUT2D eigenvalue weighted by Gasteiger charge is 2.29. The van der Waals surface area contributed by atoms with Gasteiger partial charge in [0.05, 0.1) is 19.8 Å². The third-order valence-corrected chi connectivity index (χ3v) is 4.41. The number of likely N-dealkylation sites (N-methyl/N-ethyl adjacent to an activating group) is 1. The van der Waals surface area contributed by atoms with Gasteiger partial charge >= 0.3 is 0 Å². The maximum Gasteiger partial charge on any atom is 0.161 e. The maximum atomic E-state index is 9.75. The van der Waals surface area contributed by atoms with Crippen LogP contribution in [0.25, 0.3) is 0 Å². The number of hydrogen-bond acceptors (Lipinski definition) is 5. The molecular weight excluding hydrogens is 302 g/mol. The summed E-state index contributed by atoms with van der Waals surface area (Å²) in [7, 11) is 3.76. The standard InChI is InChI=1S/C19H29N3O2/c1-14(2)13-24-18-7-6-16(10-19(18)23-5)17(11-20)22-9-8-21(4)12-15(22)3/h6-7,10,14-15,17H,8-9,12-13H2,1-5H3. The zero-order valence-corrected chi connectivity index (χ0v) is 15.5. The Morgan fingerprint density at radius 1 is 1.29 bits per heavy atom. The quantitative estimate of drug-likeness (QED) is 0.802. The second-order valence-corrected chi connectivity index (χ2v) is 7.00. The lowest BCUT2D eigenvalue weighted by Gasteiger charge is -2.40. The van der Waals surface area contributed by atoms with Crippen molar-refractivity contribution in [1.82, 2.24) is 9.80 Å². The van der Waals surface area contributed by atoms with Crippen molar-refractivity contribution in [3.05, 3.63) is 23.8 Å². The molecule has 0 aromatic heterocycles. The largest absolute Gasteiger partial charge is 0.493 e. The van der Waals surface area contributed by atoms with Crippen LogP contribution in [0.5, 0.6) is 11.5 Å². The molecule has 0 radical (unpaired) electrons. The van der Waals surface area contributed by atoms with Crippen molar-refractivity contribution in [3.63, 3.8) is 0 Å². The summed E-state index contributed by atoms with van der Waals surface area (Å²) in [6.45, 7) is 9.90. The molecule has 2 atom stereocenters. The first kappa shape index (κ1) is 18.6. The van der Waals surface area contributed by atoms with E-state index < -0.39 is 0 Å². The summed E-state index contributed by atoms with van der Waals surface area (Å²) in [5, 5.41) is 9.75. The van der Waals surface area contributed by atoms with E-state index in [0.717, 1.165) is 30.9 Å².